The molecule has 0 spiro atoms. The van der Waals surface area contributed by atoms with Gasteiger partial charge in [0.1, 0.15) is 5.60 Å². The van der Waals surface area contributed by atoms with E-state index in [2.05, 4.69) is 5.32 Å². The van der Waals surface area contributed by atoms with E-state index in [4.69, 9.17) is 19.7 Å². The molecule has 0 aromatic carbocycles. The molecule has 3 N–H and O–H groups in total. The first-order valence-corrected chi connectivity index (χ1v) is 6.49. The zero-order valence-electron chi connectivity index (χ0n) is 12.1. The Kier molecular flexibility index (Phi) is 7.64. The van der Waals surface area contributed by atoms with E-state index in [1.54, 1.807) is 0 Å². The largest absolute Gasteiger partial charge is 0.483 e. The summed E-state index contributed by atoms with van der Waals surface area (Å²) in [4.78, 5) is 30.6. The fraction of sp³-hybridized carbons (Fsp3) is 0.769. The summed E-state index contributed by atoms with van der Waals surface area (Å²) >= 11 is 0. The molecule has 1 rings (SSSR count). The quantitative estimate of drug-likeness (QED) is 0.669. The second kappa shape index (κ2) is 8.39. The summed E-state index contributed by atoms with van der Waals surface area (Å²) in [5, 5.41) is 18.5. The molecule has 7 nitrogen and oxygen atoms in total. The lowest BCUT2D eigenvalue weighted by atomic mass is 9.86. The van der Waals surface area contributed by atoms with Crippen LogP contribution in [-0.4, -0.2) is 40.4 Å². The number of aliphatic carboxylic acids is 1. The van der Waals surface area contributed by atoms with Gasteiger partial charge in [0.25, 0.3) is 6.47 Å². The molecule has 0 aliphatic heterocycles. The number of carbonyl (C=O) groups is 3. The van der Waals surface area contributed by atoms with Gasteiger partial charge in [-0.3, -0.25) is 9.59 Å². The third kappa shape index (κ3) is 8.34. The Balaban J connectivity index is 0.00000110. The highest BCUT2D eigenvalue weighted by atomic mass is 16.6. The summed E-state index contributed by atoms with van der Waals surface area (Å²) in [6.07, 6.45) is 2.23. The molecule has 1 saturated carbocycles. The molecule has 1 aliphatic carbocycles. The lowest BCUT2D eigenvalue weighted by molar-refractivity contribution is -0.142. The van der Waals surface area contributed by atoms with Crippen molar-refractivity contribution in [1.82, 2.24) is 5.32 Å². The van der Waals surface area contributed by atoms with Crippen LogP contribution in [0.25, 0.3) is 0 Å². The van der Waals surface area contributed by atoms with E-state index >= 15 is 0 Å². The predicted molar refractivity (Wildman–Crippen MR) is 71.4 cm³/mol. The normalized spacial score (nSPS) is 21.9. The molecule has 1 fully saturated rings. The summed E-state index contributed by atoms with van der Waals surface area (Å²) in [6, 6.07) is 0.0421. The van der Waals surface area contributed by atoms with Crippen molar-refractivity contribution >= 4 is 18.5 Å². The Hall–Kier alpha value is -1.79. The highest BCUT2D eigenvalue weighted by molar-refractivity contribution is 5.70. The number of carboxylic acid groups (broad SMARTS) is 2. The zero-order chi connectivity index (χ0) is 15.8. The Labute approximate surface area is 118 Å². The number of hydrogen-bond acceptors (Lipinski definition) is 4. The second-order valence-electron chi connectivity index (χ2n) is 5.64. The van der Waals surface area contributed by atoms with E-state index in [1.165, 1.54) is 0 Å². The maximum Gasteiger partial charge on any atom is 0.407 e. The molecule has 0 unspecified atom stereocenters. The molecule has 20 heavy (non-hydrogen) atoms. The first-order valence-electron chi connectivity index (χ1n) is 6.49. The van der Waals surface area contributed by atoms with Crippen molar-refractivity contribution in [1.29, 1.82) is 0 Å². The molecule has 0 aromatic rings. The van der Waals surface area contributed by atoms with Crippen LogP contribution in [0.1, 0.15) is 46.5 Å². The highest BCUT2D eigenvalue weighted by Crippen LogP contribution is 2.24. The van der Waals surface area contributed by atoms with Gasteiger partial charge >= 0.3 is 12.1 Å². The third-order valence-corrected chi connectivity index (χ3v) is 2.80. The molecule has 7 heteroatoms. The Morgan fingerprint density at radius 1 is 1.20 bits per heavy atom. The number of carbonyl (C=O) groups excluding carboxylic acids is 1. The summed E-state index contributed by atoms with van der Waals surface area (Å²) in [5.74, 6) is -0.993. The minimum atomic E-state index is -0.735. The van der Waals surface area contributed by atoms with Gasteiger partial charge in [-0.2, -0.15) is 0 Å². The number of carboxylic acids is 1. The van der Waals surface area contributed by atoms with E-state index in [1.807, 2.05) is 20.8 Å². The maximum absolute atomic E-state index is 11.5. The Morgan fingerprint density at radius 3 is 2.00 bits per heavy atom. The molecule has 116 valence electrons. The fourth-order valence-corrected chi connectivity index (χ4v) is 1.96. The van der Waals surface area contributed by atoms with E-state index in [0.29, 0.717) is 25.7 Å². The molecule has 1 amide bonds. The summed E-state index contributed by atoms with van der Waals surface area (Å²) in [7, 11) is 0. The predicted octanol–water partition coefficient (Wildman–Crippen LogP) is 1.86. The van der Waals surface area contributed by atoms with Crippen LogP contribution in [0.2, 0.25) is 0 Å². The van der Waals surface area contributed by atoms with Crippen molar-refractivity contribution in [3.63, 3.8) is 0 Å². The third-order valence-electron chi connectivity index (χ3n) is 2.80. The van der Waals surface area contributed by atoms with Crippen LogP contribution < -0.4 is 5.32 Å². The number of rotatable bonds is 2. The van der Waals surface area contributed by atoms with Gasteiger partial charge in [0, 0.05) is 6.04 Å². The van der Waals surface area contributed by atoms with E-state index in [9.17, 15) is 9.59 Å². The van der Waals surface area contributed by atoms with Crippen LogP contribution in [0.5, 0.6) is 0 Å². The van der Waals surface area contributed by atoms with Gasteiger partial charge < -0.3 is 20.3 Å². The van der Waals surface area contributed by atoms with Crippen molar-refractivity contribution in [3.8, 4) is 0 Å². The lowest BCUT2D eigenvalue weighted by Crippen LogP contribution is -2.41. The summed E-state index contributed by atoms with van der Waals surface area (Å²) < 4.78 is 5.15. The molecular weight excluding hydrogens is 266 g/mol. The number of alkyl carbamates (subject to hydrolysis) is 1. The standard InChI is InChI=1S/C12H21NO4.CH2O2/c1-12(2,3)17-11(16)13-9-6-4-8(5-7-9)10(14)15;2-1-3/h8-9H,4-7H2,1-3H3,(H,13,16)(H,14,15);1H,(H,2,3). The minimum Gasteiger partial charge on any atom is -0.483 e. The van der Waals surface area contributed by atoms with Gasteiger partial charge in [0.05, 0.1) is 5.92 Å². The van der Waals surface area contributed by atoms with Crippen molar-refractivity contribution in [2.75, 3.05) is 0 Å². The highest BCUT2D eigenvalue weighted by Gasteiger charge is 2.27. The maximum atomic E-state index is 11.5. The minimum absolute atomic E-state index is 0.0421. The van der Waals surface area contributed by atoms with Crippen LogP contribution in [0, 0.1) is 5.92 Å². The SMILES string of the molecule is CC(C)(C)OC(=O)NC1CCC(C(=O)O)CC1.O=CO. The van der Waals surface area contributed by atoms with Gasteiger partial charge in [0.15, 0.2) is 0 Å². The van der Waals surface area contributed by atoms with Gasteiger partial charge in [-0.25, -0.2) is 4.79 Å². The molecule has 0 bridgehead atoms. The van der Waals surface area contributed by atoms with Gasteiger partial charge in [-0.05, 0) is 46.5 Å². The van der Waals surface area contributed by atoms with Gasteiger partial charge in [-0.15, -0.1) is 0 Å². The van der Waals surface area contributed by atoms with Crippen LogP contribution in [-0.2, 0) is 14.3 Å². The van der Waals surface area contributed by atoms with Gasteiger partial charge in [0.2, 0.25) is 0 Å². The fourth-order valence-electron chi connectivity index (χ4n) is 1.96. The molecular formula is C13H23NO6. The molecule has 0 aromatic heterocycles. The summed E-state index contributed by atoms with van der Waals surface area (Å²) in [5.41, 5.74) is -0.498. The smallest absolute Gasteiger partial charge is 0.407 e. The average Bonchev–Trinajstić information content (AvgIpc) is 2.27. The second-order valence-corrected chi connectivity index (χ2v) is 5.64. The van der Waals surface area contributed by atoms with Gasteiger partial charge in [-0.1, -0.05) is 0 Å². The molecule has 0 radical (unpaired) electrons. The Bertz CT molecular complexity index is 328. The Morgan fingerprint density at radius 2 is 1.65 bits per heavy atom. The molecule has 1 aliphatic rings. The number of ether oxygens (including phenoxy) is 1. The van der Waals surface area contributed by atoms with E-state index in [-0.39, 0.29) is 18.4 Å². The van der Waals surface area contributed by atoms with Crippen molar-refractivity contribution < 1.29 is 29.3 Å². The first kappa shape index (κ1) is 18.2. The van der Waals surface area contributed by atoms with Crippen molar-refractivity contribution in [2.24, 2.45) is 5.92 Å². The first-order chi connectivity index (χ1) is 9.19. The van der Waals surface area contributed by atoms with Crippen LogP contribution in [0.15, 0.2) is 0 Å². The molecule has 0 atom stereocenters. The average molecular weight is 289 g/mol. The number of hydrogen-bond donors (Lipinski definition) is 3. The van der Waals surface area contributed by atoms with E-state index < -0.39 is 17.7 Å². The van der Waals surface area contributed by atoms with Crippen LogP contribution in [0.4, 0.5) is 4.79 Å². The molecule has 0 saturated heterocycles. The van der Waals surface area contributed by atoms with Crippen molar-refractivity contribution in [3.05, 3.63) is 0 Å². The lowest BCUT2D eigenvalue weighted by Gasteiger charge is -2.28. The topological polar surface area (TPSA) is 113 Å². The monoisotopic (exact) mass is 289 g/mol. The summed E-state index contributed by atoms with van der Waals surface area (Å²) in [6.45, 7) is 5.19. The number of amides is 1. The molecule has 0 heterocycles. The van der Waals surface area contributed by atoms with Crippen LogP contribution in [0.3, 0.4) is 0 Å². The van der Waals surface area contributed by atoms with E-state index in [0.717, 1.165) is 0 Å². The zero-order valence-corrected chi connectivity index (χ0v) is 12.1. The van der Waals surface area contributed by atoms with Crippen LogP contribution >= 0.6 is 0 Å². The number of nitrogens with one attached hydrogen (secondary N) is 1. The van der Waals surface area contributed by atoms with Crippen molar-refractivity contribution in [2.45, 2.75) is 58.1 Å².